The van der Waals surface area contributed by atoms with E-state index < -0.39 is 0 Å². The smallest absolute Gasteiger partial charge is 0.227 e. The van der Waals surface area contributed by atoms with E-state index in [-0.39, 0.29) is 24.5 Å². The maximum absolute atomic E-state index is 12.5. The number of carbonyl (C=O) groups is 1. The van der Waals surface area contributed by atoms with Crippen LogP contribution in [0.15, 0.2) is 30.3 Å². The quantitative estimate of drug-likeness (QED) is 0.767. The highest BCUT2D eigenvalue weighted by Crippen LogP contribution is 2.22. The van der Waals surface area contributed by atoms with Gasteiger partial charge in [-0.3, -0.25) is 4.79 Å². The molecule has 0 saturated heterocycles. The summed E-state index contributed by atoms with van der Waals surface area (Å²) in [5, 5.41) is 12.2. The van der Waals surface area contributed by atoms with Crippen molar-refractivity contribution in [3.8, 4) is 0 Å². The van der Waals surface area contributed by atoms with Gasteiger partial charge in [-0.2, -0.15) is 0 Å². The molecule has 1 aromatic carbocycles. The second-order valence-electron chi connectivity index (χ2n) is 5.62. The van der Waals surface area contributed by atoms with Gasteiger partial charge in [0.25, 0.3) is 0 Å². The lowest BCUT2D eigenvalue weighted by Crippen LogP contribution is -2.41. The molecular weight excluding hydrogens is 250 g/mol. The molecule has 112 valence electrons. The molecule has 3 nitrogen and oxygen atoms in total. The normalized spacial score (nSPS) is 14.1. The van der Waals surface area contributed by atoms with Crippen LogP contribution in [0.2, 0.25) is 0 Å². The molecule has 0 aromatic heterocycles. The van der Waals surface area contributed by atoms with Crippen LogP contribution >= 0.6 is 0 Å². The first-order valence-electron chi connectivity index (χ1n) is 7.56. The highest BCUT2D eigenvalue weighted by atomic mass is 16.3. The van der Waals surface area contributed by atoms with Crippen LogP contribution in [-0.2, 0) is 4.79 Å². The highest BCUT2D eigenvalue weighted by Gasteiger charge is 2.23. The molecule has 0 heterocycles. The zero-order valence-corrected chi connectivity index (χ0v) is 12.8. The van der Waals surface area contributed by atoms with Gasteiger partial charge in [0.2, 0.25) is 5.91 Å². The molecule has 20 heavy (non-hydrogen) atoms. The summed E-state index contributed by atoms with van der Waals surface area (Å²) in [5.41, 5.74) is 1.07. The molecule has 0 aliphatic carbocycles. The van der Waals surface area contributed by atoms with Gasteiger partial charge in [-0.1, -0.05) is 57.5 Å². The first-order valence-corrected chi connectivity index (χ1v) is 7.56. The fourth-order valence-corrected chi connectivity index (χ4v) is 2.42. The van der Waals surface area contributed by atoms with Crippen LogP contribution in [0.25, 0.3) is 0 Å². The fourth-order valence-electron chi connectivity index (χ4n) is 2.42. The third-order valence-electron chi connectivity index (χ3n) is 3.67. The Kier molecular flexibility index (Phi) is 7.31. The monoisotopic (exact) mass is 277 g/mol. The van der Waals surface area contributed by atoms with E-state index in [4.69, 9.17) is 5.11 Å². The van der Waals surface area contributed by atoms with E-state index in [0.717, 1.165) is 18.4 Å². The average molecular weight is 277 g/mol. The predicted octanol–water partition coefficient (Wildman–Crippen LogP) is 3.09. The minimum atomic E-state index is -0.0962. The summed E-state index contributed by atoms with van der Waals surface area (Å²) in [4.78, 5) is 12.5. The van der Waals surface area contributed by atoms with Crippen molar-refractivity contribution >= 4 is 5.91 Å². The number of aliphatic hydroxyl groups excluding tert-OH is 1. The number of nitrogens with one attached hydrogen (secondary N) is 1. The highest BCUT2D eigenvalue weighted by molar-refractivity contribution is 5.83. The number of hydrogen-bond donors (Lipinski definition) is 2. The maximum atomic E-state index is 12.5. The van der Waals surface area contributed by atoms with Gasteiger partial charge in [0.15, 0.2) is 0 Å². The first-order chi connectivity index (χ1) is 9.60. The third-order valence-corrected chi connectivity index (χ3v) is 3.67. The molecule has 2 unspecified atom stereocenters. The Morgan fingerprint density at radius 3 is 2.35 bits per heavy atom. The summed E-state index contributed by atoms with van der Waals surface area (Å²) < 4.78 is 0. The molecule has 3 heteroatoms. The summed E-state index contributed by atoms with van der Waals surface area (Å²) in [6.45, 7) is 6.33. The first kappa shape index (κ1) is 16.7. The predicted molar refractivity (Wildman–Crippen MR) is 82.6 cm³/mol. The van der Waals surface area contributed by atoms with E-state index in [1.54, 1.807) is 0 Å². The fraction of sp³-hybridized carbons (Fsp3) is 0.588. The number of rotatable bonds is 8. The van der Waals surface area contributed by atoms with E-state index in [9.17, 15) is 4.79 Å². The van der Waals surface area contributed by atoms with Crippen LogP contribution < -0.4 is 5.32 Å². The molecule has 1 amide bonds. The van der Waals surface area contributed by atoms with Crippen molar-refractivity contribution in [2.45, 2.75) is 52.0 Å². The number of carbonyl (C=O) groups excluding carboxylic acids is 1. The molecule has 0 saturated carbocycles. The Hall–Kier alpha value is -1.35. The van der Waals surface area contributed by atoms with Gasteiger partial charge < -0.3 is 10.4 Å². The Balaban J connectivity index is 2.78. The van der Waals surface area contributed by atoms with E-state index in [0.29, 0.717) is 12.3 Å². The van der Waals surface area contributed by atoms with Crippen LogP contribution in [0.5, 0.6) is 0 Å². The van der Waals surface area contributed by atoms with E-state index >= 15 is 0 Å². The van der Waals surface area contributed by atoms with Gasteiger partial charge in [-0.25, -0.2) is 0 Å². The second kappa shape index (κ2) is 8.75. The molecule has 0 aliphatic rings. The summed E-state index contributed by atoms with van der Waals surface area (Å²) in [6.07, 6.45) is 2.43. The van der Waals surface area contributed by atoms with Gasteiger partial charge in [-0.15, -0.1) is 0 Å². The molecule has 1 rings (SSSR count). The topological polar surface area (TPSA) is 49.3 Å². The largest absolute Gasteiger partial charge is 0.396 e. The maximum Gasteiger partial charge on any atom is 0.227 e. The number of hydrogen-bond acceptors (Lipinski definition) is 2. The molecule has 2 N–H and O–H groups in total. The zero-order chi connectivity index (χ0) is 15.0. The van der Waals surface area contributed by atoms with Crippen LogP contribution in [0, 0.1) is 5.92 Å². The molecule has 0 fully saturated rings. The zero-order valence-electron chi connectivity index (χ0n) is 12.8. The Bertz CT molecular complexity index is 389. The Labute approximate surface area is 122 Å². The van der Waals surface area contributed by atoms with Gasteiger partial charge >= 0.3 is 0 Å². The SMILES string of the molecule is CCCC(C(=O)NC(CCO)C(C)C)c1ccccc1. The van der Waals surface area contributed by atoms with Gasteiger partial charge in [0.05, 0.1) is 5.92 Å². The van der Waals surface area contributed by atoms with Gasteiger partial charge in [0.1, 0.15) is 0 Å². The average Bonchev–Trinajstić information content (AvgIpc) is 2.45. The number of amides is 1. The van der Waals surface area contributed by atoms with Crippen molar-refractivity contribution in [3.63, 3.8) is 0 Å². The lowest BCUT2D eigenvalue weighted by molar-refractivity contribution is -0.123. The summed E-state index contributed by atoms with van der Waals surface area (Å²) in [5.74, 6) is 0.301. The number of benzene rings is 1. The van der Waals surface area contributed by atoms with Crippen molar-refractivity contribution < 1.29 is 9.90 Å². The standard InChI is InChI=1S/C17H27NO2/c1-4-8-15(14-9-6-5-7-10-14)17(20)18-16(11-12-19)13(2)3/h5-7,9-10,13,15-16,19H,4,8,11-12H2,1-3H3,(H,18,20). The molecule has 0 aliphatic heterocycles. The van der Waals surface area contributed by atoms with Crippen LogP contribution in [0.4, 0.5) is 0 Å². The van der Waals surface area contributed by atoms with Crippen LogP contribution in [0.1, 0.15) is 51.5 Å². The lowest BCUT2D eigenvalue weighted by Gasteiger charge is -2.25. The minimum Gasteiger partial charge on any atom is -0.396 e. The van der Waals surface area contributed by atoms with Gasteiger partial charge in [-0.05, 0) is 24.3 Å². The molecule has 1 aromatic rings. The van der Waals surface area contributed by atoms with Crippen molar-refractivity contribution in [1.82, 2.24) is 5.32 Å². The summed E-state index contributed by atoms with van der Waals surface area (Å²) >= 11 is 0. The van der Waals surface area contributed by atoms with Crippen molar-refractivity contribution in [3.05, 3.63) is 35.9 Å². The van der Waals surface area contributed by atoms with Crippen molar-refractivity contribution in [2.75, 3.05) is 6.61 Å². The second-order valence-corrected chi connectivity index (χ2v) is 5.62. The van der Waals surface area contributed by atoms with Gasteiger partial charge in [0, 0.05) is 12.6 Å². The molecule has 2 atom stereocenters. The van der Waals surface area contributed by atoms with E-state index in [1.807, 2.05) is 30.3 Å². The number of aliphatic hydroxyl groups is 1. The third kappa shape index (κ3) is 4.97. The molecular formula is C17H27NO2. The molecule has 0 radical (unpaired) electrons. The minimum absolute atomic E-state index is 0.0376. The lowest BCUT2D eigenvalue weighted by atomic mass is 9.92. The van der Waals surface area contributed by atoms with Crippen LogP contribution in [0.3, 0.4) is 0 Å². The summed E-state index contributed by atoms with van der Waals surface area (Å²) in [6, 6.07) is 9.97. The van der Waals surface area contributed by atoms with Crippen molar-refractivity contribution in [1.29, 1.82) is 0 Å². The van der Waals surface area contributed by atoms with E-state index in [1.165, 1.54) is 0 Å². The Morgan fingerprint density at radius 2 is 1.85 bits per heavy atom. The molecule has 0 bridgehead atoms. The Morgan fingerprint density at radius 1 is 1.20 bits per heavy atom. The summed E-state index contributed by atoms with van der Waals surface area (Å²) in [7, 11) is 0. The molecule has 0 spiro atoms. The van der Waals surface area contributed by atoms with Crippen LogP contribution in [-0.4, -0.2) is 23.7 Å². The van der Waals surface area contributed by atoms with Crippen molar-refractivity contribution in [2.24, 2.45) is 5.92 Å². The van der Waals surface area contributed by atoms with E-state index in [2.05, 4.69) is 26.1 Å².